The smallest absolute Gasteiger partial charge is 0.314 e. The van der Waals surface area contributed by atoms with Gasteiger partial charge in [-0.15, -0.1) is 21.5 Å². The van der Waals surface area contributed by atoms with E-state index >= 15 is 0 Å². The summed E-state index contributed by atoms with van der Waals surface area (Å²) in [4.78, 5) is 4.55. The van der Waals surface area contributed by atoms with E-state index in [0.717, 1.165) is 11.3 Å². The fourth-order valence-corrected chi connectivity index (χ4v) is 4.94. The third kappa shape index (κ3) is 4.39. The van der Waals surface area contributed by atoms with Gasteiger partial charge >= 0.3 is 6.43 Å². The van der Waals surface area contributed by atoms with Gasteiger partial charge in [-0.05, 0) is 13.8 Å². The molecule has 3 rings (SSSR count). The highest BCUT2D eigenvalue weighted by Crippen LogP contribution is 2.33. The van der Waals surface area contributed by atoms with Crippen LogP contribution in [-0.4, -0.2) is 39.1 Å². The molecule has 0 saturated heterocycles. The summed E-state index contributed by atoms with van der Waals surface area (Å²) in [6.45, 7) is 4.88. The number of aromatic nitrogens is 5. The SMILES string of the molecule is CCS(=O)(=O)C(Cc1ncc(-c2nnc(C(F)F)o2)s1)c1cnn(C(C)(C)C#N)c1. The first-order chi connectivity index (χ1) is 14.1. The molecule has 0 N–H and O–H groups in total. The predicted octanol–water partition coefficient (Wildman–Crippen LogP) is 3.30. The second-order valence-electron chi connectivity index (χ2n) is 6.90. The number of halogens is 2. The van der Waals surface area contributed by atoms with Gasteiger partial charge in [-0.25, -0.2) is 13.4 Å². The van der Waals surface area contributed by atoms with Crippen molar-refractivity contribution in [2.45, 2.75) is 44.4 Å². The first-order valence-electron chi connectivity index (χ1n) is 8.82. The molecular weight excluding hydrogens is 438 g/mol. The molecule has 3 aromatic rings. The quantitative estimate of drug-likeness (QED) is 0.505. The van der Waals surface area contributed by atoms with Gasteiger partial charge in [0.25, 0.3) is 11.8 Å². The molecule has 1 atom stereocenters. The molecule has 0 saturated carbocycles. The van der Waals surface area contributed by atoms with E-state index in [1.165, 1.54) is 17.1 Å². The van der Waals surface area contributed by atoms with E-state index in [1.807, 2.05) is 0 Å². The van der Waals surface area contributed by atoms with Crippen molar-refractivity contribution in [2.24, 2.45) is 0 Å². The van der Waals surface area contributed by atoms with E-state index in [0.29, 0.717) is 15.4 Å². The summed E-state index contributed by atoms with van der Waals surface area (Å²) in [5.41, 5.74) is -0.497. The average Bonchev–Trinajstić information content (AvgIpc) is 3.45. The molecule has 0 bridgehead atoms. The van der Waals surface area contributed by atoms with Crippen LogP contribution in [0, 0.1) is 11.3 Å². The molecule has 30 heavy (non-hydrogen) atoms. The summed E-state index contributed by atoms with van der Waals surface area (Å²) < 4.78 is 57.1. The first-order valence-corrected chi connectivity index (χ1v) is 11.3. The summed E-state index contributed by atoms with van der Waals surface area (Å²) >= 11 is 1.08. The summed E-state index contributed by atoms with van der Waals surface area (Å²) in [5, 5.41) is 19.8. The van der Waals surface area contributed by atoms with Crippen molar-refractivity contribution < 1.29 is 21.6 Å². The molecular formula is C17H18F2N6O3S2. The molecule has 0 amide bonds. The minimum absolute atomic E-state index is 0.0509. The van der Waals surface area contributed by atoms with Crippen molar-refractivity contribution in [1.29, 1.82) is 5.26 Å². The van der Waals surface area contributed by atoms with Crippen LogP contribution in [0.2, 0.25) is 0 Å². The van der Waals surface area contributed by atoms with Gasteiger partial charge in [0.05, 0.1) is 28.7 Å². The lowest BCUT2D eigenvalue weighted by Crippen LogP contribution is -2.24. The average molecular weight is 457 g/mol. The number of thiazole rings is 1. The van der Waals surface area contributed by atoms with E-state index < -0.39 is 32.9 Å². The monoisotopic (exact) mass is 456 g/mol. The minimum Gasteiger partial charge on any atom is -0.414 e. The molecule has 0 aliphatic carbocycles. The Morgan fingerprint density at radius 2 is 2.07 bits per heavy atom. The Hall–Kier alpha value is -2.72. The van der Waals surface area contributed by atoms with Gasteiger partial charge in [0.15, 0.2) is 9.84 Å². The molecule has 0 aromatic carbocycles. The van der Waals surface area contributed by atoms with Gasteiger partial charge in [-0.1, -0.05) is 6.92 Å². The molecule has 3 heterocycles. The van der Waals surface area contributed by atoms with E-state index in [-0.39, 0.29) is 18.1 Å². The number of hydrogen-bond donors (Lipinski definition) is 0. The minimum atomic E-state index is -3.53. The van der Waals surface area contributed by atoms with Crippen molar-refractivity contribution >= 4 is 21.2 Å². The van der Waals surface area contributed by atoms with Crippen molar-refractivity contribution in [3.8, 4) is 16.8 Å². The van der Waals surface area contributed by atoms with Gasteiger partial charge in [-0.2, -0.15) is 19.1 Å². The van der Waals surface area contributed by atoms with Gasteiger partial charge in [0.1, 0.15) is 10.4 Å². The number of hydrogen-bond acceptors (Lipinski definition) is 9. The highest BCUT2D eigenvalue weighted by molar-refractivity contribution is 7.91. The molecule has 13 heteroatoms. The summed E-state index contributed by atoms with van der Waals surface area (Å²) in [5.74, 6) is -0.990. The van der Waals surface area contributed by atoms with E-state index in [1.54, 1.807) is 27.0 Å². The van der Waals surface area contributed by atoms with Crippen LogP contribution < -0.4 is 0 Å². The van der Waals surface area contributed by atoms with Gasteiger partial charge in [0, 0.05) is 23.9 Å². The Balaban J connectivity index is 1.90. The van der Waals surface area contributed by atoms with Crippen LogP contribution in [0.3, 0.4) is 0 Å². The molecule has 0 spiro atoms. The number of sulfone groups is 1. The Morgan fingerprint density at radius 1 is 1.33 bits per heavy atom. The van der Waals surface area contributed by atoms with E-state index in [9.17, 15) is 22.5 Å². The van der Waals surface area contributed by atoms with Crippen molar-refractivity contribution in [3.05, 3.63) is 35.1 Å². The van der Waals surface area contributed by atoms with Crippen molar-refractivity contribution in [2.75, 3.05) is 5.75 Å². The third-order valence-corrected chi connectivity index (χ3v) is 7.53. The Kier molecular flexibility index (Phi) is 6.00. The van der Waals surface area contributed by atoms with Gasteiger partial charge < -0.3 is 4.42 Å². The molecule has 3 aromatic heterocycles. The Morgan fingerprint density at radius 3 is 2.67 bits per heavy atom. The third-order valence-electron chi connectivity index (χ3n) is 4.41. The zero-order valence-electron chi connectivity index (χ0n) is 16.3. The van der Waals surface area contributed by atoms with Crippen LogP contribution in [0.4, 0.5) is 8.78 Å². The molecule has 160 valence electrons. The van der Waals surface area contributed by atoms with E-state index in [2.05, 4.69) is 26.3 Å². The molecule has 0 fully saturated rings. The molecule has 0 aliphatic rings. The lowest BCUT2D eigenvalue weighted by molar-refractivity contribution is 0.116. The largest absolute Gasteiger partial charge is 0.414 e. The number of rotatable bonds is 8. The van der Waals surface area contributed by atoms with Crippen LogP contribution in [0.1, 0.15) is 48.9 Å². The molecule has 1 unspecified atom stereocenters. The maximum absolute atomic E-state index is 12.7. The van der Waals surface area contributed by atoms with Crippen LogP contribution in [0.5, 0.6) is 0 Å². The Labute approximate surface area is 175 Å². The summed E-state index contributed by atoms with van der Waals surface area (Å²) in [6, 6.07) is 2.11. The van der Waals surface area contributed by atoms with Crippen LogP contribution in [0.25, 0.3) is 10.8 Å². The second-order valence-corrected chi connectivity index (χ2v) is 10.5. The van der Waals surface area contributed by atoms with Gasteiger partial charge in [-0.3, -0.25) is 4.68 Å². The maximum atomic E-state index is 12.7. The lowest BCUT2D eigenvalue weighted by Gasteiger charge is -2.16. The number of alkyl halides is 2. The topological polar surface area (TPSA) is 128 Å². The van der Waals surface area contributed by atoms with Crippen LogP contribution in [0.15, 0.2) is 23.0 Å². The summed E-state index contributed by atoms with van der Waals surface area (Å²) in [6.07, 6.45) is 1.52. The second kappa shape index (κ2) is 8.19. The van der Waals surface area contributed by atoms with Crippen molar-refractivity contribution in [3.63, 3.8) is 0 Å². The van der Waals surface area contributed by atoms with Crippen LogP contribution >= 0.6 is 11.3 Å². The van der Waals surface area contributed by atoms with Crippen LogP contribution in [-0.2, 0) is 21.8 Å². The molecule has 9 nitrogen and oxygen atoms in total. The maximum Gasteiger partial charge on any atom is 0.314 e. The van der Waals surface area contributed by atoms with E-state index in [4.69, 9.17) is 4.42 Å². The fraction of sp³-hybridized carbons (Fsp3) is 0.471. The Bertz CT molecular complexity index is 1180. The normalized spacial score (nSPS) is 13.5. The first kappa shape index (κ1) is 22.0. The van der Waals surface area contributed by atoms with Crippen molar-refractivity contribution in [1.82, 2.24) is 25.0 Å². The zero-order chi connectivity index (χ0) is 22.1. The molecule has 0 aliphatic heterocycles. The number of nitriles is 1. The highest BCUT2D eigenvalue weighted by Gasteiger charge is 2.31. The highest BCUT2D eigenvalue weighted by atomic mass is 32.2. The number of nitrogens with zero attached hydrogens (tertiary/aromatic N) is 6. The molecule has 0 radical (unpaired) electrons. The summed E-state index contributed by atoms with van der Waals surface area (Å²) in [7, 11) is -3.53. The predicted molar refractivity (Wildman–Crippen MR) is 103 cm³/mol. The standard InChI is InChI=1S/C17H18F2N6O3S2/c1-4-30(26,27)12(10-6-22-25(8-10)17(2,3)9-20)5-13-21-7-11(29-13)15-23-24-16(28-15)14(18)19/h6-8,12,14H,4-5H2,1-3H3. The zero-order valence-corrected chi connectivity index (χ0v) is 17.9. The lowest BCUT2D eigenvalue weighted by atomic mass is 10.1. The fourth-order valence-electron chi connectivity index (χ4n) is 2.60. The van der Waals surface area contributed by atoms with Gasteiger partial charge in [0.2, 0.25) is 0 Å².